The van der Waals surface area contributed by atoms with Crippen molar-refractivity contribution in [3.8, 4) is 11.5 Å². The highest BCUT2D eigenvalue weighted by atomic mass is 32.1. The van der Waals surface area contributed by atoms with Gasteiger partial charge in [-0.1, -0.05) is 12.1 Å². The van der Waals surface area contributed by atoms with Gasteiger partial charge < -0.3 is 19.8 Å². The van der Waals surface area contributed by atoms with Gasteiger partial charge in [0.05, 0.1) is 16.9 Å². The van der Waals surface area contributed by atoms with Gasteiger partial charge in [-0.05, 0) is 55.0 Å². The minimum absolute atomic E-state index is 0.217. The first-order valence-electron chi connectivity index (χ1n) is 9.56. The molecule has 2 N–H and O–H groups in total. The van der Waals surface area contributed by atoms with Gasteiger partial charge in [-0.3, -0.25) is 14.2 Å². The van der Waals surface area contributed by atoms with Crippen LogP contribution in [0.1, 0.15) is 28.9 Å². The van der Waals surface area contributed by atoms with E-state index in [0.717, 1.165) is 5.56 Å². The van der Waals surface area contributed by atoms with Crippen LogP contribution in [0.3, 0.4) is 0 Å². The summed E-state index contributed by atoms with van der Waals surface area (Å²) >= 11 is 5.26. The van der Waals surface area contributed by atoms with Crippen LogP contribution in [0, 0.1) is 4.77 Å². The van der Waals surface area contributed by atoms with Gasteiger partial charge >= 0.3 is 0 Å². The second kappa shape index (κ2) is 8.16. The molecule has 8 heteroatoms. The topological polar surface area (TPSA) is 85.3 Å². The minimum atomic E-state index is -0.256. The molecule has 4 rings (SSSR count). The Morgan fingerprint density at radius 3 is 2.80 bits per heavy atom. The van der Waals surface area contributed by atoms with Crippen molar-refractivity contribution < 1.29 is 14.3 Å². The number of H-pyrrole nitrogens is 1. The number of aromatic nitrogens is 2. The lowest BCUT2D eigenvalue weighted by atomic mass is 10.1. The first-order chi connectivity index (χ1) is 14.5. The zero-order valence-electron chi connectivity index (χ0n) is 16.4. The number of allylic oxidation sites excluding steroid dienone is 1. The first kappa shape index (κ1) is 19.9. The number of aromatic amines is 1. The van der Waals surface area contributed by atoms with Crippen molar-refractivity contribution in [3.05, 3.63) is 75.3 Å². The maximum atomic E-state index is 12.8. The zero-order valence-corrected chi connectivity index (χ0v) is 17.3. The molecule has 2 heterocycles. The monoisotopic (exact) mass is 423 g/mol. The van der Waals surface area contributed by atoms with E-state index in [1.54, 1.807) is 24.3 Å². The van der Waals surface area contributed by atoms with E-state index in [1.807, 2.05) is 25.1 Å². The molecule has 0 radical (unpaired) electrons. The van der Waals surface area contributed by atoms with E-state index in [-0.39, 0.29) is 22.3 Å². The first-order valence-corrected chi connectivity index (χ1v) is 9.97. The average molecular weight is 423 g/mol. The van der Waals surface area contributed by atoms with Crippen molar-refractivity contribution in [1.29, 1.82) is 0 Å². The third-order valence-electron chi connectivity index (χ3n) is 4.97. The molecular weight excluding hydrogens is 402 g/mol. The van der Waals surface area contributed by atoms with Crippen LogP contribution >= 0.6 is 12.2 Å². The molecule has 3 aromatic rings. The van der Waals surface area contributed by atoms with Gasteiger partial charge in [-0.2, -0.15) is 0 Å². The number of nitrogens with one attached hydrogen (secondary N) is 2. The van der Waals surface area contributed by atoms with Gasteiger partial charge in [0.2, 0.25) is 0 Å². The van der Waals surface area contributed by atoms with E-state index in [1.165, 1.54) is 4.57 Å². The molecule has 1 amide bonds. The molecule has 7 nitrogen and oxygen atoms in total. The normalized spacial score (nSPS) is 13.6. The Bertz CT molecular complexity index is 1260. The third-order valence-corrected chi connectivity index (χ3v) is 5.29. The molecule has 0 bridgehead atoms. The highest BCUT2D eigenvalue weighted by molar-refractivity contribution is 7.71. The van der Waals surface area contributed by atoms with E-state index >= 15 is 0 Å². The summed E-state index contributed by atoms with van der Waals surface area (Å²) in [5, 5.41) is 3.43. The smallest absolute Gasteiger partial charge is 0.262 e. The average Bonchev–Trinajstić information content (AvgIpc) is 2.75. The Morgan fingerprint density at radius 1 is 1.27 bits per heavy atom. The third kappa shape index (κ3) is 3.73. The number of rotatable bonds is 5. The lowest BCUT2D eigenvalue weighted by Crippen LogP contribution is -2.27. The van der Waals surface area contributed by atoms with E-state index in [0.29, 0.717) is 47.7 Å². The summed E-state index contributed by atoms with van der Waals surface area (Å²) in [5.74, 6) is 1.12. The van der Waals surface area contributed by atoms with Crippen LogP contribution in [0.5, 0.6) is 11.5 Å². The number of carbonyl (C=O) groups excluding carboxylic acids is 1. The van der Waals surface area contributed by atoms with Crippen LogP contribution in [-0.2, 0) is 6.54 Å². The summed E-state index contributed by atoms with van der Waals surface area (Å²) in [4.78, 5) is 28.4. The fourth-order valence-corrected chi connectivity index (χ4v) is 3.65. The number of benzene rings is 2. The summed E-state index contributed by atoms with van der Waals surface area (Å²) < 4.78 is 12.9. The van der Waals surface area contributed by atoms with Gasteiger partial charge in [0, 0.05) is 12.1 Å². The van der Waals surface area contributed by atoms with Crippen LogP contribution < -0.4 is 20.3 Å². The van der Waals surface area contributed by atoms with E-state index < -0.39 is 0 Å². The van der Waals surface area contributed by atoms with Gasteiger partial charge in [0.1, 0.15) is 13.2 Å². The summed E-state index contributed by atoms with van der Waals surface area (Å²) in [5.41, 5.74) is 1.63. The van der Waals surface area contributed by atoms with Crippen molar-refractivity contribution in [2.24, 2.45) is 0 Å². The van der Waals surface area contributed by atoms with Crippen molar-refractivity contribution >= 4 is 29.0 Å². The lowest BCUT2D eigenvalue weighted by Gasteiger charge is -2.21. The summed E-state index contributed by atoms with van der Waals surface area (Å²) in [6.07, 6.45) is 1.61. The molecule has 2 aromatic carbocycles. The number of hydrogen-bond donors (Lipinski definition) is 2. The fourth-order valence-electron chi connectivity index (χ4n) is 3.38. The predicted octanol–water partition coefficient (Wildman–Crippen LogP) is 3.51. The predicted molar refractivity (Wildman–Crippen MR) is 117 cm³/mol. The summed E-state index contributed by atoms with van der Waals surface area (Å²) in [6, 6.07) is 10.3. The van der Waals surface area contributed by atoms with Crippen molar-refractivity contribution in [3.63, 3.8) is 0 Å². The summed E-state index contributed by atoms with van der Waals surface area (Å²) in [7, 11) is 0. The molecule has 0 saturated carbocycles. The van der Waals surface area contributed by atoms with Gasteiger partial charge in [-0.15, -0.1) is 6.58 Å². The number of amides is 1. The molecule has 30 heavy (non-hydrogen) atoms. The molecular formula is C22H21N3O4S. The van der Waals surface area contributed by atoms with Gasteiger partial charge in [0.25, 0.3) is 11.5 Å². The number of hydrogen-bond acceptors (Lipinski definition) is 5. The highest BCUT2D eigenvalue weighted by Crippen LogP contribution is 2.32. The Labute approximate surface area is 178 Å². The molecule has 1 aliphatic heterocycles. The number of fused-ring (bicyclic) bond motifs is 2. The number of ether oxygens (including phenoxy) is 2. The van der Waals surface area contributed by atoms with Crippen LogP contribution in [0.15, 0.2) is 53.8 Å². The molecule has 154 valence electrons. The van der Waals surface area contributed by atoms with Gasteiger partial charge in [0.15, 0.2) is 16.3 Å². The Balaban J connectivity index is 1.58. The largest absolute Gasteiger partial charge is 0.486 e. The summed E-state index contributed by atoms with van der Waals surface area (Å²) in [6.45, 7) is 6.89. The second-order valence-corrected chi connectivity index (χ2v) is 7.38. The van der Waals surface area contributed by atoms with Crippen LogP contribution in [0.25, 0.3) is 10.9 Å². The van der Waals surface area contributed by atoms with Crippen molar-refractivity contribution in [2.45, 2.75) is 19.5 Å². The van der Waals surface area contributed by atoms with Crippen LogP contribution in [0.4, 0.5) is 0 Å². The Kier molecular flexibility index (Phi) is 5.41. The Morgan fingerprint density at radius 2 is 2.03 bits per heavy atom. The molecule has 1 unspecified atom stereocenters. The van der Waals surface area contributed by atoms with Crippen LogP contribution in [-0.4, -0.2) is 28.7 Å². The highest BCUT2D eigenvalue weighted by Gasteiger charge is 2.17. The number of carbonyl (C=O) groups is 1. The molecule has 1 aromatic heterocycles. The van der Waals surface area contributed by atoms with Gasteiger partial charge in [-0.25, -0.2) is 0 Å². The van der Waals surface area contributed by atoms with Crippen molar-refractivity contribution in [1.82, 2.24) is 14.9 Å². The standard InChI is InChI=1S/C22H21N3O4S/c1-3-8-25-21(27)16-6-4-15(11-17(16)24-22(25)30)20(26)23-13(2)14-5-7-18-19(12-14)29-10-9-28-18/h3-7,11-13H,1,8-10H2,2H3,(H,23,26)(H,24,30). The maximum absolute atomic E-state index is 12.8. The fraction of sp³-hybridized carbons (Fsp3) is 0.227. The van der Waals surface area contributed by atoms with E-state index in [4.69, 9.17) is 21.7 Å². The second-order valence-electron chi connectivity index (χ2n) is 6.99. The maximum Gasteiger partial charge on any atom is 0.262 e. The molecule has 0 fully saturated rings. The quantitative estimate of drug-likeness (QED) is 0.485. The SMILES string of the molecule is C=CCn1c(=S)[nH]c2cc(C(=O)NC(C)c3ccc4c(c3)OCCO4)ccc2c1=O. The number of nitrogens with zero attached hydrogens (tertiary/aromatic N) is 1. The molecule has 1 aliphatic rings. The molecule has 0 saturated heterocycles. The zero-order chi connectivity index (χ0) is 21.3. The lowest BCUT2D eigenvalue weighted by molar-refractivity contribution is 0.0940. The van der Waals surface area contributed by atoms with Crippen molar-refractivity contribution in [2.75, 3.05) is 13.2 Å². The Hall–Kier alpha value is -3.39. The molecule has 0 spiro atoms. The van der Waals surface area contributed by atoms with Crippen LogP contribution in [0.2, 0.25) is 0 Å². The van der Waals surface area contributed by atoms with E-state index in [2.05, 4.69) is 16.9 Å². The molecule has 1 atom stereocenters. The molecule has 0 aliphatic carbocycles. The van der Waals surface area contributed by atoms with E-state index in [9.17, 15) is 9.59 Å². The minimum Gasteiger partial charge on any atom is -0.486 e.